The molecular formula is C24H19NO5. The number of fused-ring (bicyclic) bond motifs is 3. The lowest BCUT2D eigenvalue weighted by molar-refractivity contribution is 0.0696. The number of benzene rings is 3. The van der Waals surface area contributed by atoms with Crippen molar-refractivity contribution >= 4 is 24.0 Å². The number of carbonyl (C=O) groups excluding carboxylic acids is 2. The van der Waals surface area contributed by atoms with Crippen LogP contribution in [0.5, 0.6) is 0 Å². The Labute approximate surface area is 173 Å². The topological polar surface area (TPSA) is 92.7 Å². The van der Waals surface area contributed by atoms with Gasteiger partial charge in [0.05, 0.1) is 5.56 Å². The number of ether oxygens (including phenoxy) is 1. The molecule has 0 radical (unpaired) electrons. The van der Waals surface area contributed by atoms with E-state index in [1.807, 2.05) is 36.4 Å². The third kappa shape index (κ3) is 3.43. The first-order valence-electron chi connectivity index (χ1n) is 9.44. The summed E-state index contributed by atoms with van der Waals surface area (Å²) in [6.07, 6.45) is -0.154. The van der Waals surface area contributed by atoms with Gasteiger partial charge in [0.25, 0.3) is 0 Å². The molecule has 0 unspecified atom stereocenters. The molecule has 1 aliphatic rings. The van der Waals surface area contributed by atoms with E-state index in [1.165, 1.54) is 12.1 Å². The second-order valence-corrected chi connectivity index (χ2v) is 7.11. The Balaban J connectivity index is 1.52. The highest BCUT2D eigenvalue weighted by Crippen LogP contribution is 2.44. The Hall–Kier alpha value is -3.93. The predicted molar refractivity (Wildman–Crippen MR) is 112 cm³/mol. The molecule has 0 fully saturated rings. The normalized spacial score (nSPS) is 12.0. The molecule has 0 atom stereocenters. The summed E-state index contributed by atoms with van der Waals surface area (Å²) in [5.41, 5.74) is 5.13. The summed E-state index contributed by atoms with van der Waals surface area (Å²) in [6, 6.07) is 18.8. The molecule has 30 heavy (non-hydrogen) atoms. The third-order valence-electron chi connectivity index (χ3n) is 5.40. The van der Waals surface area contributed by atoms with E-state index in [0.29, 0.717) is 11.8 Å². The van der Waals surface area contributed by atoms with Crippen molar-refractivity contribution in [2.75, 3.05) is 11.9 Å². The maximum absolute atomic E-state index is 12.4. The number of aldehydes is 1. The smallest absolute Gasteiger partial charge is 0.411 e. The summed E-state index contributed by atoms with van der Waals surface area (Å²) in [5, 5.41) is 11.8. The van der Waals surface area contributed by atoms with Crippen molar-refractivity contribution in [1.29, 1.82) is 0 Å². The van der Waals surface area contributed by atoms with Gasteiger partial charge < -0.3 is 9.84 Å². The van der Waals surface area contributed by atoms with Gasteiger partial charge in [-0.1, -0.05) is 48.5 Å². The molecule has 3 aromatic carbocycles. The first kappa shape index (κ1) is 19.4. The quantitative estimate of drug-likeness (QED) is 0.595. The number of carboxylic acid groups (broad SMARTS) is 1. The largest absolute Gasteiger partial charge is 0.478 e. The number of rotatable bonds is 5. The van der Waals surface area contributed by atoms with Gasteiger partial charge in [0.15, 0.2) is 0 Å². The lowest BCUT2D eigenvalue weighted by Gasteiger charge is -2.15. The SMILES string of the molecule is Cc1c(C=O)cc(NC(=O)OCC2c3ccccc3-c3ccccc32)cc1C(=O)O. The van der Waals surface area contributed by atoms with Crippen molar-refractivity contribution in [3.63, 3.8) is 0 Å². The van der Waals surface area contributed by atoms with Crippen molar-refractivity contribution in [3.05, 3.63) is 88.5 Å². The summed E-state index contributed by atoms with van der Waals surface area (Å²) in [7, 11) is 0. The van der Waals surface area contributed by atoms with Crippen LogP contribution in [0.4, 0.5) is 10.5 Å². The highest BCUT2D eigenvalue weighted by atomic mass is 16.5. The maximum atomic E-state index is 12.4. The highest BCUT2D eigenvalue weighted by molar-refractivity contribution is 5.96. The molecule has 0 bridgehead atoms. The number of hydrogen-bond donors (Lipinski definition) is 2. The van der Waals surface area contributed by atoms with Gasteiger partial charge in [0, 0.05) is 17.2 Å². The minimum Gasteiger partial charge on any atom is -0.478 e. The van der Waals surface area contributed by atoms with Crippen molar-refractivity contribution in [2.45, 2.75) is 12.8 Å². The van der Waals surface area contributed by atoms with Crippen molar-refractivity contribution in [3.8, 4) is 11.1 Å². The summed E-state index contributed by atoms with van der Waals surface area (Å²) in [4.78, 5) is 35.0. The fourth-order valence-electron chi connectivity index (χ4n) is 3.91. The summed E-state index contributed by atoms with van der Waals surface area (Å²) in [6.45, 7) is 1.68. The Morgan fingerprint density at radius 2 is 1.63 bits per heavy atom. The van der Waals surface area contributed by atoms with Crippen molar-refractivity contribution in [1.82, 2.24) is 0 Å². The van der Waals surface area contributed by atoms with Gasteiger partial charge in [-0.2, -0.15) is 0 Å². The highest BCUT2D eigenvalue weighted by Gasteiger charge is 2.29. The lowest BCUT2D eigenvalue weighted by atomic mass is 9.98. The van der Waals surface area contributed by atoms with E-state index in [1.54, 1.807) is 6.92 Å². The van der Waals surface area contributed by atoms with Crippen LogP contribution in [0.2, 0.25) is 0 Å². The standard InChI is InChI=1S/C24H19NO5/c1-14-15(12-26)10-16(11-21(14)23(27)28)25-24(29)30-13-22-19-8-4-2-6-17(19)18-7-3-5-9-20(18)22/h2-12,22H,13H2,1H3,(H,25,29)(H,27,28). The molecule has 0 saturated carbocycles. The van der Waals surface area contributed by atoms with E-state index < -0.39 is 12.1 Å². The molecule has 0 aliphatic heterocycles. The molecule has 6 heteroatoms. The van der Waals surface area contributed by atoms with E-state index in [9.17, 15) is 19.5 Å². The summed E-state index contributed by atoms with van der Waals surface area (Å²) < 4.78 is 5.46. The van der Waals surface area contributed by atoms with Gasteiger partial charge in [-0.05, 0) is 46.9 Å². The zero-order chi connectivity index (χ0) is 21.3. The van der Waals surface area contributed by atoms with E-state index >= 15 is 0 Å². The number of carboxylic acids is 1. The van der Waals surface area contributed by atoms with Crippen LogP contribution in [-0.4, -0.2) is 30.1 Å². The van der Waals surface area contributed by atoms with Gasteiger partial charge in [-0.25, -0.2) is 9.59 Å². The molecule has 0 spiro atoms. The van der Waals surface area contributed by atoms with Gasteiger partial charge in [0.1, 0.15) is 12.9 Å². The molecule has 0 heterocycles. The summed E-state index contributed by atoms with van der Waals surface area (Å²) in [5.74, 6) is -1.26. The molecule has 6 nitrogen and oxygen atoms in total. The van der Waals surface area contributed by atoms with Crippen LogP contribution in [0.15, 0.2) is 60.7 Å². The number of anilines is 1. The molecule has 0 saturated heterocycles. The van der Waals surface area contributed by atoms with Crippen LogP contribution in [0.25, 0.3) is 11.1 Å². The Morgan fingerprint density at radius 1 is 1.03 bits per heavy atom. The van der Waals surface area contributed by atoms with Gasteiger partial charge >= 0.3 is 12.1 Å². The number of hydrogen-bond acceptors (Lipinski definition) is 4. The van der Waals surface area contributed by atoms with E-state index in [2.05, 4.69) is 17.4 Å². The fourth-order valence-corrected chi connectivity index (χ4v) is 3.91. The second kappa shape index (κ2) is 7.83. The van der Waals surface area contributed by atoms with Crippen LogP contribution < -0.4 is 5.32 Å². The molecule has 3 aromatic rings. The molecule has 150 valence electrons. The zero-order valence-electron chi connectivity index (χ0n) is 16.2. The van der Waals surface area contributed by atoms with Crippen LogP contribution in [0.3, 0.4) is 0 Å². The Kier molecular flexibility index (Phi) is 5.06. The molecular weight excluding hydrogens is 382 g/mol. The van der Waals surface area contributed by atoms with Crippen LogP contribution in [0, 0.1) is 6.92 Å². The monoisotopic (exact) mass is 401 g/mol. The van der Waals surface area contributed by atoms with Crippen molar-refractivity contribution < 1.29 is 24.2 Å². The first-order valence-corrected chi connectivity index (χ1v) is 9.44. The number of aromatic carboxylic acids is 1. The van der Waals surface area contributed by atoms with Crippen LogP contribution in [-0.2, 0) is 4.74 Å². The van der Waals surface area contributed by atoms with Gasteiger partial charge in [-0.15, -0.1) is 0 Å². The maximum Gasteiger partial charge on any atom is 0.411 e. The number of amides is 1. The molecule has 2 N–H and O–H groups in total. The first-order chi connectivity index (χ1) is 14.5. The number of carbonyl (C=O) groups is 3. The van der Waals surface area contributed by atoms with Gasteiger partial charge in [-0.3, -0.25) is 10.1 Å². The lowest BCUT2D eigenvalue weighted by Crippen LogP contribution is -2.18. The second-order valence-electron chi connectivity index (χ2n) is 7.11. The average molecular weight is 401 g/mol. The molecule has 1 aliphatic carbocycles. The zero-order valence-corrected chi connectivity index (χ0v) is 16.2. The van der Waals surface area contributed by atoms with E-state index in [0.717, 1.165) is 22.3 Å². The van der Waals surface area contributed by atoms with Gasteiger partial charge in [0.2, 0.25) is 0 Å². The van der Waals surface area contributed by atoms with Crippen molar-refractivity contribution in [2.24, 2.45) is 0 Å². The fraction of sp³-hybridized carbons (Fsp3) is 0.125. The predicted octanol–water partition coefficient (Wildman–Crippen LogP) is 4.87. The average Bonchev–Trinajstić information content (AvgIpc) is 3.07. The van der Waals surface area contributed by atoms with E-state index in [4.69, 9.17) is 4.74 Å². The van der Waals surface area contributed by atoms with Crippen LogP contribution in [0.1, 0.15) is 43.3 Å². The molecule has 1 amide bonds. The molecule has 4 rings (SSSR count). The number of nitrogens with one attached hydrogen (secondary N) is 1. The van der Waals surface area contributed by atoms with E-state index in [-0.39, 0.29) is 29.3 Å². The molecule has 0 aromatic heterocycles. The minimum absolute atomic E-state index is 0.0476. The summed E-state index contributed by atoms with van der Waals surface area (Å²) >= 11 is 0. The Bertz CT molecular complexity index is 1120. The minimum atomic E-state index is -1.17. The third-order valence-corrected chi connectivity index (χ3v) is 5.40. The Morgan fingerprint density at radius 3 is 2.20 bits per heavy atom. The van der Waals surface area contributed by atoms with Crippen LogP contribution >= 0.6 is 0 Å².